The number of halogens is 1. The number of aliphatic hydroxyl groups excluding tert-OH is 1. The van der Waals surface area contributed by atoms with Gasteiger partial charge in [0, 0.05) is 17.0 Å². The fourth-order valence-corrected chi connectivity index (χ4v) is 2.53. The van der Waals surface area contributed by atoms with Crippen molar-refractivity contribution in [1.82, 2.24) is 0 Å². The summed E-state index contributed by atoms with van der Waals surface area (Å²) in [5.41, 5.74) is 1.23. The first-order valence-electron chi connectivity index (χ1n) is 6.00. The molecule has 0 radical (unpaired) electrons. The summed E-state index contributed by atoms with van der Waals surface area (Å²) >= 11 is 3.55. The van der Waals surface area contributed by atoms with E-state index in [4.69, 9.17) is 0 Å². The third kappa shape index (κ3) is 4.26. The summed E-state index contributed by atoms with van der Waals surface area (Å²) in [5, 5.41) is 9.45. The lowest BCUT2D eigenvalue weighted by atomic mass is 9.93. The van der Waals surface area contributed by atoms with E-state index in [0.29, 0.717) is 0 Å². The minimum Gasteiger partial charge on any atom is -0.396 e. The van der Waals surface area contributed by atoms with Crippen LogP contribution in [-0.2, 0) is 0 Å². The standard InChI is InChI=1S/C14H21BrO/c1-11(2)6-5-7-12(10-16)13-8-3-4-9-14(13)15/h3-4,8-9,11-12,16H,5-7,10H2,1-2H3. The average Bonchev–Trinajstić information content (AvgIpc) is 2.25. The molecular formula is C14H21BrO. The smallest absolute Gasteiger partial charge is 0.0500 e. The molecule has 16 heavy (non-hydrogen) atoms. The van der Waals surface area contributed by atoms with Crippen molar-refractivity contribution in [2.24, 2.45) is 5.92 Å². The fraction of sp³-hybridized carbons (Fsp3) is 0.571. The molecule has 1 rings (SSSR count). The van der Waals surface area contributed by atoms with E-state index >= 15 is 0 Å². The van der Waals surface area contributed by atoms with Crippen LogP contribution in [0.15, 0.2) is 28.7 Å². The van der Waals surface area contributed by atoms with Crippen LogP contribution in [0.2, 0.25) is 0 Å². The van der Waals surface area contributed by atoms with Gasteiger partial charge in [-0.25, -0.2) is 0 Å². The van der Waals surface area contributed by atoms with Gasteiger partial charge in [0.1, 0.15) is 0 Å². The van der Waals surface area contributed by atoms with E-state index in [9.17, 15) is 5.11 Å². The highest BCUT2D eigenvalue weighted by Gasteiger charge is 2.12. The third-order valence-corrected chi connectivity index (χ3v) is 3.62. The molecule has 0 spiro atoms. The number of benzene rings is 1. The highest BCUT2D eigenvalue weighted by atomic mass is 79.9. The summed E-state index contributed by atoms with van der Waals surface area (Å²) in [6.07, 6.45) is 3.49. The maximum absolute atomic E-state index is 9.45. The zero-order valence-corrected chi connectivity index (χ0v) is 11.7. The molecule has 90 valence electrons. The first kappa shape index (κ1) is 13.7. The van der Waals surface area contributed by atoms with Gasteiger partial charge in [-0.1, -0.05) is 60.8 Å². The van der Waals surface area contributed by atoms with Crippen LogP contribution in [0.3, 0.4) is 0 Å². The quantitative estimate of drug-likeness (QED) is 0.823. The Morgan fingerprint density at radius 1 is 1.19 bits per heavy atom. The molecule has 2 heteroatoms. The van der Waals surface area contributed by atoms with Gasteiger partial charge in [0.25, 0.3) is 0 Å². The second-order valence-electron chi connectivity index (χ2n) is 4.73. The molecule has 0 saturated heterocycles. The van der Waals surface area contributed by atoms with Crippen molar-refractivity contribution >= 4 is 15.9 Å². The summed E-state index contributed by atoms with van der Waals surface area (Å²) < 4.78 is 1.11. The van der Waals surface area contributed by atoms with E-state index < -0.39 is 0 Å². The Labute approximate surface area is 107 Å². The fourth-order valence-electron chi connectivity index (χ4n) is 1.92. The predicted octanol–water partition coefficient (Wildman–Crippen LogP) is 4.35. The van der Waals surface area contributed by atoms with Crippen LogP contribution in [0, 0.1) is 5.92 Å². The molecule has 0 saturated carbocycles. The summed E-state index contributed by atoms with van der Waals surface area (Å²) in [4.78, 5) is 0. The summed E-state index contributed by atoms with van der Waals surface area (Å²) in [6, 6.07) is 8.18. The first-order valence-corrected chi connectivity index (χ1v) is 6.79. The van der Waals surface area contributed by atoms with E-state index in [1.165, 1.54) is 18.4 Å². The van der Waals surface area contributed by atoms with Crippen molar-refractivity contribution in [2.45, 2.75) is 39.0 Å². The predicted molar refractivity (Wildman–Crippen MR) is 72.7 cm³/mol. The van der Waals surface area contributed by atoms with Crippen molar-refractivity contribution in [1.29, 1.82) is 0 Å². The van der Waals surface area contributed by atoms with Crippen LogP contribution in [0.1, 0.15) is 44.6 Å². The molecular weight excluding hydrogens is 264 g/mol. The topological polar surface area (TPSA) is 20.2 Å². The molecule has 0 bridgehead atoms. The summed E-state index contributed by atoms with van der Waals surface area (Å²) in [5.74, 6) is 1.02. The van der Waals surface area contributed by atoms with E-state index in [1.54, 1.807) is 0 Å². The summed E-state index contributed by atoms with van der Waals surface area (Å²) in [6.45, 7) is 4.72. The van der Waals surface area contributed by atoms with Gasteiger partial charge in [0.15, 0.2) is 0 Å². The van der Waals surface area contributed by atoms with E-state index in [2.05, 4.69) is 35.8 Å². The lowest BCUT2D eigenvalue weighted by molar-refractivity contribution is 0.255. The van der Waals surface area contributed by atoms with E-state index in [-0.39, 0.29) is 12.5 Å². The van der Waals surface area contributed by atoms with Crippen molar-refractivity contribution in [3.63, 3.8) is 0 Å². The SMILES string of the molecule is CC(C)CCCC(CO)c1ccccc1Br. The zero-order chi connectivity index (χ0) is 12.0. The lowest BCUT2D eigenvalue weighted by Crippen LogP contribution is -2.05. The average molecular weight is 285 g/mol. The van der Waals surface area contributed by atoms with Crippen LogP contribution in [0.5, 0.6) is 0 Å². The number of hydrogen-bond acceptors (Lipinski definition) is 1. The Kier molecular flexibility index (Phi) is 6.07. The second-order valence-corrected chi connectivity index (χ2v) is 5.58. The van der Waals surface area contributed by atoms with Crippen molar-refractivity contribution in [2.75, 3.05) is 6.61 Å². The van der Waals surface area contributed by atoms with Crippen LogP contribution >= 0.6 is 15.9 Å². The largest absolute Gasteiger partial charge is 0.396 e. The van der Waals surface area contributed by atoms with Gasteiger partial charge < -0.3 is 5.11 Å². The molecule has 0 aliphatic heterocycles. The Morgan fingerprint density at radius 3 is 2.44 bits per heavy atom. The number of rotatable bonds is 6. The Bertz CT molecular complexity index is 309. The minimum atomic E-state index is 0.237. The maximum Gasteiger partial charge on any atom is 0.0500 e. The molecule has 1 aromatic carbocycles. The van der Waals surface area contributed by atoms with E-state index in [1.807, 2.05) is 18.2 Å². The highest BCUT2D eigenvalue weighted by molar-refractivity contribution is 9.10. The van der Waals surface area contributed by atoms with E-state index in [0.717, 1.165) is 16.8 Å². The zero-order valence-electron chi connectivity index (χ0n) is 10.1. The monoisotopic (exact) mass is 284 g/mol. The van der Waals surface area contributed by atoms with Crippen LogP contribution in [0.25, 0.3) is 0 Å². The minimum absolute atomic E-state index is 0.237. The van der Waals surface area contributed by atoms with Crippen molar-refractivity contribution < 1.29 is 5.11 Å². The van der Waals surface area contributed by atoms with Crippen molar-refractivity contribution in [3.05, 3.63) is 34.3 Å². The normalized spacial score (nSPS) is 13.1. The molecule has 0 heterocycles. The molecule has 1 atom stereocenters. The molecule has 0 aliphatic rings. The van der Waals surface area contributed by atoms with Gasteiger partial charge in [0.2, 0.25) is 0 Å². The first-order chi connectivity index (χ1) is 7.65. The van der Waals surface area contributed by atoms with Gasteiger partial charge in [-0.05, 0) is 24.0 Å². The van der Waals surface area contributed by atoms with Crippen LogP contribution in [0.4, 0.5) is 0 Å². The van der Waals surface area contributed by atoms with Crippen LogP contribution in [-0.4, -0.2) is 11.7 Å². The third-order valence-electron chi connectivity index (χ3n) is 2.90. The van der Waals surface area contributed by atoms with Gasteiger partial charge in [-0.15, -0.1) is 0 Å². The molecule has 0 aromatic heterocycles. The molecule has 0 fully saturated rings. The molecule has 1 nitrogen and oxygen atoms in total. The molecule has 0 amide bonds. The summed E-state index contributed by atoms with van der Waals surface area (Å²) in [7, 11) is 0. The van der Waals surface area contributed by atoms with Crippen LogP contribution < -0.4 is 0 Å². The molecule has 1 N–H and O–H groups in total. The molecule has 1 unspecified atom stereocenters. The number of hydrogen-bond donors (Lipinski definition) is 1. The van der Waals surface area contributed by atoms with Gasteiger partial charge in [0.05, 0.1) is 0 Å². The molecule has 1 aromatic rings. The van der Waals surface area contributed by atoms with Gasteiger partial charge >= 0.3 is 0 Å². The Morgan fingerprint density at radius 2 is 1.88 bits per heavy atom. The Balaban J connectivity index is 2.57. The highest BCUT2D eigenvalue weighted by Crippen LogP contribution is 2.28. The maximum atomic E-state index is 9.45. The van der Waals surface area contributed by atoms with Gasteiger partial charge in [-0.2, -0.15) is 0 Å². The lowest BCUT2D eigenvalue weighted by Gasteiger charge is -2.16. The van der Waals surface area contributed by atoms with Crippen molar-refractivity contribution in [3.8, 4) is 0 Å². The van der Waals surface area contributed by atoms with Gasteiger partial charge in [-0.3, -0.25) is 0 Å². The number of aliphatic hydroxyl groups is 1. The Hall–Kier alpha value is -0.340. The molecule has 0 aliphatic carbocycles. The second kappa shape index (κ2) is 7.08.